The van der Waals surface area contributed by atoms with E-state index in [1.807, 2.05) is 37.4 Å². The number of ether oxygens (including phenoxy) is 1. The van der Waals surface area contributed by atoms with Crippen LogP contribution >= 0.6 is 11.6 Å². The molecule has 0 aliphatic rings. The number of para-hydroxylation sites is 2. The van der Waals surface area contributed by atoms with Gasteiger partial charge in [-0.1, -0.05) is 41.9 Å². The Kier molecular flexibility index (Phi) is 6.76. The number of rotatable bonds is 8. The van der Waals surface area contributed by atoms with Crippen LogP contribution in [0.25, 0.3) is 0 Å². The predicted molar refractivity (Wildman–Crippen MR) is 94.3 cm³/mol. The summed E-state index contributed by atoms with van der Waals surface area (Å²) < 4.78 is 5.39. The van der Waals surface area contributed by atoms with Gasteiger partial charge in [0.05, 0.1) is 5.02 Å². The molecule has 1 amide bonds. The van der Waals surface area contributed by atoms with Gasteiger partial charge >= 0.3 is 0 Å². The molecule has 0 aromatic heterocycles. The summed E-state index contributed by atoms with van der Waals surface area (Å²) in [6.45, 7) is 1.45. The van der Waals surface area contributed by atoms with E-state index in [1.165, 1.54) is 5.69 Å². The van der Waals surface area contributed by atoms with Gasteiger partial charge in [0.2, 0.25) is 0 Å². The van der Waals surface area contributed by atoms with E-state index in [2.05, 4.69) is 22.3 Å². The standard InChI is InChI=1S/C18H21ClN2O2/c1-21(15-8-3-2-4-9-15)13-7-12-20-18(22)14-23-17-11-6-5-10-16(17)19/h2-6,8-11H,7,12-14H2,1H3,(H,20,22). The Morgan fingerprint density at radius 1 is 1.13 bits per heavy atom. The molecule has 0 aliphatic heterocycles. The van der Waals surface area contributed by atoms with E-state index in [9.17, 15) is 4.79 Å². The first-order chi connectivity index (χ1) is 11.2. The van der Waals surface area contributed by atoms with Gasteiger partial charge in [0.25, 0.3) is 5.91 Å². The minimum atomic E-state index is -0.146. The van der Waals surface area contributed by atoms with Crippen molar-refractivity contribution in [2.75, 3.05) is 31.6 Å². The van der Waals surface area contributed by atoms with E-state index >= 15 is 0 Å². The van der Waals surface area contributed by atoms with Crippen molar-refractivity contribution in [3.8, 4) is 5.75 Å². The van der Waals surface area contributed by atoms with Gasteiger partial charge in [0.1, 0.15) is 5.75 Å². The van der Waals surface area contributed by atoms with Crippen LogP contribution in [0.1, 0.15) is 6.42 Å². The molecule has 0 aliphatic carbocycles. The maximum atomic E-state index is 11.7. The second kappa shape index (κ2) is 9.06. The Balaban J connectivity index is 1.62. The molecule has 4 nitrogen and oxygen atoms in total. The van der Waals surface area contributed by atoms with Crippen LogP contribution in [0.3, 0.4) is 0 Å². The first-order valence-corrected chi connectivity index (χ1v) is 7.95. The summed E-state index contributed by atoms with van der Waals surface area (Å²) in [4.78, 5) is 13.9. The molecule has 0 bridgehead atoms. The van der Waals surface area contributed by atoms with Crippen molar-refractivity contribution in [1.29, 1.82) is 0 Å². The molecule has 0 spiro atoms. The molecule has 0 heterocycles. The molecule has 1 N–H and O–H groups in total. The van der Waals surface area contributed by atoms with Crippen molar-refractivity contribution < 1.29 is 9.53 Å². The highest BCUT2D eigenvalue weighted by molar-refractivity contribution is 6.32. The smallest absolute Gasteiger partial charge is 0.257 e. The Hall–Kier alpha value is -2.20. The minimum absolute atomic E-state index is 0.0295. The highest BCUT2D eigenvalue weighted by Gasteiger charge is 2.05. The summed E-state index contributed by atoms with van der Waals surface area (Å²) >= 11 is 5.97. The molecule has 0 radical (unpaired) electrons. The minimum Gasteiger partial charge on any atom is -0.482 e. The summed E-state index contributed by atoms with van der Waals surface area (Å²) in [5, 5.41) is 3.35. The lowest BCUT2D eigenvalue weighted by Crippen LogP contribution is -2.31. The second-order valence-electron chi connectivity index (χ2n) is 5.18. The SMILES string of the molecule is CN(CCCNC(=O)COc1ccccc1Cl)c1ccccc1. The van der Waals surface area contributed by atoms with Crippen LogP contribution in [0, 0.1) is 0 Å². The Labute approximate surface area is 142 Å². The molecule has 2 aromatic rings. The van der Waals surface area contributed by atoms with Gasteiger partial charge in [0.15, 0.2) is 6.61 Å². The summed E-state index contributed by atoms with van der Waals surface area (Å²) in [7, 11) is 2.04. The first kappa shape index (κ1) is 17.2. The lowest BCUT2D eigenvalue weighted by Gasteiger charge is -2.19. The lowest BCUT2D eigenvalue weighted by atomic mass is 10.3. The summed E-state index contributed by atoms with van der Waals surface area (Å²) in [6.07, 6.45) is 0.864. The number of benzene rings is 2. The van der Waals surface area contributed by atoms with Crippen LogP contribution in [0.2, 0.25) is 5.02 Å². The van der Waals surface area contributed by atoms with Crippen LogP contribution in [-0.4, -0.2) is 32.7 Å². The molecule has 0 saturated carbocycles. The number of hydrogen-bond acceptors (Lipinski definition) is 3. The maximum absolute atomic E-state index is 11.7. The molecule has 5 heteroatoms. The van der Waals surface area contributed by atoms with E-state index in [0.29, 0.717) is 17.3 Å². The van der Waals surface area contributed by atoms with Crippen LogP contribution in [0.4, 0.5) is 5.69 Å². The average molecular weight is 333 g/mol. The van der Waals surface area contributed by atoms with Crippen molar-refractivity contribution >= 4 is 23.2 Å². The van der Waals surface area contributed by atoms with Crippen molar-refractivity contribution in [2.24, 2.45) is 0 Å². The normalized spacial score (nSPS) is 10.2. The molecular weight excluding hydrogens is 312 g/mol. The molecule has 0 unspecified atom stereocenters. The van der Waals surface area contributed by atoms with Gasteiger partial charge in [-0.25, -0.2) is 0 Å². The van der Waals surface area contributed by atoms with Gasteiger partial charge in [-0.15, -0.1) is 0 Å². The summed E-state index contributed by atoms with van der Waals surface area (Å²) in [5.74, 6) is 0.375. The Bertz CT molecular complexity index is 619. The lowest BCUT2D eigenvalue weighted by molar-refractivity contribution is -0.123. The zero-order chi connectivity index (χ0) is 16.5. The predicted octanol–water partition coefficient (Wildman–Crippen LogP) is 3.36. The highest BCUT2D eigenvalue weighted by atomic mass is 35.5. The van der Waals surface area contributed by atoms with Gasteiger partial charge in [-0.2, -0.15) is 0 Å². The number of carbonyl (C=O) groups excluding carboxylic acids is 1. The van der Waals surface area contributed by atoms with Crippen LogP contribution < -0.4 is 15.0 Å². The number of amides is 1. The van der Waals surface area contributed by atoms with Crippen LogP contribution in [0.15, 0.2) is 54.6 Å². The van der Waals surface area contributed by atoms with Gasteiger partial charge in [-0.05, 0) is 30.7 Å². The van der Waals surface area contributed by atoms with E-state index < -0.39 is 0 Å². The molecule has 122 valence electrons. The van der Waals surface area contributed by atoms with Crippen LogP contribution in [0.5, 0.6) is 5.75 Å². The van der Waals surface area contributed by atoms with Crippen molar-refractivity contribution in [2.45, 2.75) is 6.42 Å². The van der Waals surface area contributed by atoms with E-state index in [-0.39, 0.29) is 12.5 Å². The summed E-state index contributed by atoms with van der Waals surface area (Å²) in [6, 6.07) is 17.3. The largest absolute Gasteiger partial charge is 0.482 e. The monoisotopic (exact) mass is 332 g/mol. The zero-order valence-corrected chi connectivity index (χ0v) is 13.9. The molecular formula is C18H21ClN2O2. The third-order valence-electron chi connectivity index (χ3n) is 3.38. The average Bonchev–Trinajstić information content (AvgIpc) is 2.58. The van der Waals surface area contributed by atoms with E-state index in [0.717, 1.165) is 13.0 Å². The van der Waals surface area contributed by atoms with Gasteiger partial charge in [-0.3, -0.25) is 4.79 Å². The fourth-order valence-corrected chi connectivity index (χ4v) is 2.30. The zero-order valence-electron chi connectivity index (χ0n) is 13.2. The van der Waals surface area contributed by atoms with Crippen molar-refractivity contribution in [3.63, 3.8) is 0 Å². The third-order valence-corrected chi connectivity index (χ3v) is 3.70. The molecule has 23 heavy (non-hydrogen) atoms. The number of halogens is 1. The third kappa shape index (κ3) is 5.83. The molecule has 2 aromatic carbocycles. The van der Waals surface area contributed by atoms with Crippen LogP contribution in [-0.2, 0) is 4.79 Å². The topological polar surface area (TPSA) is 41.6 Å². The van der Waals surface area contributed by atoms with E-state index in [1.54, 1.807) is 12.1 Å². The number of nitrogens with one attached hydrogen (secondary N) is 1. The van der Waals surface area contributed by atoms with Gasteiger partial charge < -0.3 is 15.0 Å². The second-order valence-corrected chi connectivity index (χ2v) is 5.59. The number of hydrogen-bond donors (Lipinski definition) is 1. The highest BCUT2D eigenvalue weighted by Crippen LogP contribution is 2.22. The van der Waals surface area contributed by atoms with Crippen molar-refractivity contribution in [1.82, 2.24) is 5.32 Å². The molecule has 0 atom stereocenters. The number of anilines is 1. The maximum Gasteiger partial charge on any atom is 0.257 e. The first-order valence-electron chi connectivity index (χ1n) is 7.57. The number of nitrogens with zero attached hydrogens (tertiary/aromatic N) is 1. The molecule has 0 fully saturated rings. The quantitative estimate of drug-likeness (QED) is 0.754. The number of carbonyl (C=O) groups is 1. The van der Waals surface area contributed by atoms with Gasteiger partial charge in [0, 0.05) is 25.8 Å². The fraction of sp³-hybridized carbons (Fsp3) is 0.278. The summed E-state index contributed by atoms with van der Waals surface area (Å²) in [5.41, 5.74) is 1.17. The fourth-order valence-electron chi connectivity index (χ4n) is 2.11. The Morgan fingerprint density at radius 2 is 1.83 bits per heavy atom. The van der Waals surface area contributed by atoms with E-state index in [4.69, 9.17) is 16.3 Å². The molecule has 0 saturated heterocycles. The Morgan fingerprint density at radius 3 is 2.57 bits per heavy atom. The van der Waals surface area contributed by atoms with Crippen molar-refractivity contribution in [3.05, 3.63) is 59.6 Å². The molecule has 2 rings (SSSR count).